The van der Waals surface area contributed by atoms with Gasteiger partial charge in [-0.2, -0.15) is 5.10 Å². The summed E-state index contributed by atoms with van der Waals surface area (Å²) in [6.45, 7) is 0. The lowest BCUT2D eigenvalue weighted by Crippen LogP contribution is -2.32. The van der Waals surface area contributed by atoms with Crippen LogP contribution in [0.3, 0.4) is 0 Å². The van der Waals surface area contributed by atoms with Crippen LogP contribution in [-0.2, 0) is 7.05 Å². The normalized spacial score (nSPS) is 20.9. The van der Waals surface area contributed by atoms with Crippen LogP contribution in [0.1, 0.15) is 17.2 Å². The zero-order valence-electron chi connectivity index (χ0n) is 14.5. The predicted molar refractivity (Wildman–Crippen MR) is 104 cm³/mol. The van der Waals surface area contributed by atoms with Crippen LogP contribution in [0.2, 0.25) is 0 Å². The molecule has 134 valence electrons. The van der Waals surface area contributed by atoms with Gasteiger partial charge in [-0.25, -0.2) is 5.43 Å². The lowest BCUT2D eigenvalue weighted by atomic mass is 9.87. The summed E-state index contributed by atoms with van der Waals surface area (Å²) in [6, 6.07) is 17.0. The molecule has 2 aliphatic heterocycles. The fourth-order valence-corrected chi connectivity index (χ4v) is 3.87. The molecule has 0 spiro atoms. The molecule has 7 heteroatoms. The molecule has 27 heavy (non-hydrogen) atoms. The zero-order valence-corrected chi connectivity index (χ0v) is 14.5. The number of pyridine rings is 1. The van der Waals surface area contributed by atoms with Gasteiger partial charge in [0.2, 0.25) is 0 Å². The van der Waals surface area contributed by atoms with Gasteiger partial charge in [0.1, 0.15) is 17.1 Å². The Hall–Kier alpha value is -3.45. The topological polar surface area (TPSA) is 91.0 Å². The molecule has 1 aromatic heterocycles. The smallest absolute Gasteiger partial charge is 0.263 e. The Bertz CT molecular complexity index is 1180. The number of aromatic nitrogens is 1. The van der Waals surface area contributed by atoms with Crippen molar-refractivity contribution < 1.29 is 5.11 Å². The Morgan fingerprint density at radius 1 is 1.04 bits per heavy atom. The van der Waals surface area contributed by atoms with Gasteiger partial charge in [0.25, 0.3) is 5.56 Å². The third-order valence-electron chi connectivity index (χ3n) is 5.23. The summed E-state index contributed by atoms with van der Waals surface area (Å²) in [5.74, 6) is 0.322. The van der Waals surface area contributed by atoms with Crippen LogP contribution in [0.4, 0.5) is 0 Å². The van der Waals surface area contributed by atoms with Gasteiger partial charge in [-0.1, -0.05) is 42.5 Å². The van der Waals surface area contributed by atoms with Crippen LogP contribution in [-0.4, -0.2) is 21.2 Å². The number of hydrogen-bond donors (Lipinski definition) is 3. The van der Waals surface area contributed by atoms with Crippen molar-refractivity contribution in [2.45, 2.75) is 6.04 Å². The molecule has 0 bridgehead atoms. The Morgan fingerprint density at radius 2 is 1.78 bits per heavy atom. The van der Waals surface area contributed by atoms with E-state index in [4.69, 9.17) is 0 Å². The van der Waals surface area contributed by atoms with Crippen LogP contribution >= 0.6 is 0 Å². The lowest BCUT2D eigenvalue weighted by Gasteiger charge is -2.19. The summed E-state index contributed by atoms with van der Waals surface area (Å²) < 4.78 is 1.54. The Balaban J connectivity index is 1.69. The number of benzene rings is 2. The van der Waals surface area contributed by atoms with Gasteiger partial charge in [0, 0.05) is 12.4 Å². The number of para-hydroxylation sites is 1. The first-order valence-corrected chi connectivity index (χ1v) is 8.70. The van der Waals surface area contributed by atoms with Crippen molar-refractivity contribution in [2.75, 3.05) is 0 Å². The van der Waals surface area contributed by atoms with E-state index >= 15 is 0 Å². The second kappa shape index (κ2) is 5.78. The van der Waals surface area contributed by atoms with Crippen molar-refractivity contribution in [1.82, 2.24) is 15.4 Å². The van der Waals surface area contributed by atoms with Crippen LogP contribution in [0.15, 0.2) is 69.6 Å². The Kier molecular flexibility index (Phi) is 3.38. The molecule has 0 saturated carbocycles. The summed E-state index contributed by atoms with van der Waals surface area (Å²) in [4.78, 5) is 13.1. The number of hydrogen-bond acceptors (Lipinski definition) is 6. The molecule has 3 aromatic rings. The van der Waals surface area contributed by atoms with Gasteiger partial charge in [0.05, 0.1) is 23.2 Å². The van der Waals surface area contributed by atoms with Crippen LogP contribution in [0.5, 0.6) is 5.75 Å². The van der Waals surface area contributed by atoms with Crippen LogP contribution in [0, 0.1) is 5.92 Å². The van der Waals surface area contributed by atoms with E-state index < -0.39 is 0 Å². The molecule has 0 unspecified atom stereocenters. The SMILES string of the molecule is Cn1c(=O)c(C2=NN=C3NN[C@H](c4ccccc4)[C@H]32)c(O)c2ccccc21. The van der Waals surface area contributed by atoms with Gasteiger partial charge in [-0.15, -0.1) is 5.10 Å². The molecule has 2 atom stereocenters. The highest BCUT2D eigenvalue weighted by molar-refractivity contribution is 6.20. The minimum Gasteiger partial charge on any atom is -0.506 e. The minimum atomic E-state index is -0.292. The fraction of sp³-hybridized carbons (Fsp3) is 0.150. The molecule has 1 saturated heterocycles. The van der Waals surface area contributed by atoms with E-state index in [1.165, 1.54) is 4.57 Å². The molecule has 7 nitrogen and oxygen atoms in total. The maximum atomic E-state index is 13.1. The Labute approximate surface area is 154 Å². The maximum absolute atomic E-state index is 13.1. The lowest BCUT2D eigenvalue weighted by molar-refractivity contribution is 0.477. The van der Waals surface area contributed by atoms with E-state index in [2.05, 4.69) is 21.1 Å². The summed E-state index contributed by atoms with van der Waals surface area (Å²) in [5, 5.41) is 20.0. The largest absolute Gasteiger partial charge is 0.506 e. The first kappa shape index (κ1) is 15.8. The van der Waals surface area contributed by atoms with E-state index in [1.54, 1.807) is 13.1 Å². The van der Waals surface area contributed by atoms with Crippen LogP contribution < -0.4 is 16.4 Å². The molecule has 5 rings (SSSR count). The quantitative estimate of drug-likeness (QED) is 0.651. The van der Waals surface area contributed by atoms with Gasteiger partial charge in [-0.05, 0) is 17.7 Å². The van der Waals surface area contributed by atoms with E-state index in [0.717, 1.165) is 5.56 Å². The van der Waals surface area contributed by atoms with Gasteiger partial charge in [-0.3, -0.25) is 4.79 Å². The Morgan fingerprint density at radius 3 is 2.59 bits per heavy atom. The number of fused-ring (bicyclic) bond motifs is 2. The summed E-state index contributed by atoms with van der Waals surface area (Å²) in [6.07, 6.45) is 0. The highest BCUT2D eigenvalue weighted by Crippen LogP contribution is 2.35. The van der Waals surface area contributed by atoms with Crippen molar-refractivity contribution in [3.63, 3.8) is 0 Å². The molecule has 3 N–H and O–H groups in total. The summed E-state index contributed by atoms with van der Waals surface area (Å²) in [7, 11) is 1.70. The number of aromatic hydroxyl groups is 1. The molecular formula is C20H17N5O2. The van der Waals surface area contributed by atoms with Crippen molar-refractivity contribution in [2.24, 2.45) is 23.2 Å². The molecular weight excluding hydrogens is 342 g/mol. The van der Waals surface area contributed by atoms with E-state index in [0.29, 0.717) is 22.5 Å². The highest BCUT2D eigenvalue weighted by atomic mass is 16.3. The average molecular weight is 359 g/mol. The molecule has 2 aromatic carbocycles. The standard InChI is InChI=1S/C20H17N5O2/c1-25-13-10-6-5-9-12(13)18(26)15(20(25)27)17-14-16(11-7-3-2-4-8-11)21-23-19(14)24-22-17/h2-10,14,16,21,26H,1H3,(H,23,24)/t14-,16+/m0/s1. The molecule has 2 aliphatic rings. The highest BCUT2D eigenvalue weighted by Gasteiger charge is 2.43. The molecule has 0 amide bonds. The first-order chi connectivity index (χ1) is 13.2. The zero-order chi connectivity index (χ0) is 18.5. The van der Waals surface area contributed by atoms with Crippen LogP contribution in [0.25, 0.3) is 10.9 Å². The van der Waals surface area contributed by atoms with Gasteiger partial charge < -0.3 is 15.1 Å². The maximum Gasteiger partial charge on any atom is 0.263 e. The number of rotatable bonds is 2. The van der Waals surface area contributed by atoms with Gasteiger partial charge >= 0.3 is 0 Å². The summed E-state index contributed by atoms with van der Waals surface area (Å²) in [5.41, 5.74) is 8.37. The fourth-order valence-electron chi connectivity index (χ4n) is 3.87. The monoisotopic (exact) mass is 359 g/mol. The van der Waals surface area contributed by atoms with E-state index in [-0.39, 0.29) is 28.8 Å². The van der Waals surface area contributed by atoms with Crippen molar-refractivity contribution >= 4 is 22.5 Å². The minimum absolute atomic E-state index is 0.0531. The number of nitrogens with zero attached hydrogens (tertiary/aromatic N) is 3. The number of aryl methyl sites for hydroxylation is 1. The van der Waals surface area contributed by atoms with E-state index in [1.807, 2.05) is 48.5 Å². The first-order valence-electron chi connectivity index (χ1n) is 8.70. The molecule has 3 heterocycles. The molecule has 1 fully saturated rings. The van der Waals surface area contributed by atoms with Gasteiger partial charge in [0.15, 0.2) is 0 Å². The molecule has 0 aliphatic carbocycles. The summed E-state index contributed by atoms with van der Waals surface area (Å²) >= 11 is 0. The third kappa shape index (κ3) is 2.22. The molecule has 0 radical (unpaired) electrons. The van der Waals surface area contributed by atoms with Crippen molar-refractivity contribution in [3.05, 3.63) is 76.1 Å². The second-order valence-electron chi connectivity index (χ2n) is 6.71. The van der Waals surface area contributed by atoms with Crippen molar-refractivity contribution in [1.29, 1.82) is 0 Å². The van der Waals surface area contributed by atoms with Crippen molar-refractivity contribution in [3.8, 4) is 5.75 Å². The number of hydrazine groups is 1. The number of nitrogens with one attached hydrogen (secondary N) is 2. The van der Waals surface area contributed by atoms with E-state index in [9.17, 15) is 9.90 Å². The predicted octanol–water partition coefficient (Wildman–Crippen LogP) is 1.83. The number of amidine groups is 1. The third-order valence-corrected chi connectivity index (χ3v) is 5.23. The second-order valence-corrected chi connectivity index (χ2v) is 6.71. The average Bonchev–Trinajstić information content (AvgIpc) is 3.30.